The number of carbonyl (C=O) groups excluding carboxylic acids is 1. The normalized spacial score (nSPS) is 12.6. The molecule has 0 aliphatic heterocycles. The van der Waals surface area contributed by atoms with E-state index in [2.05, 4.69) is 4.84 Å². The van der Waals surface area contributed by atoms with E-state index in [4.69, 9.17) is 0 Å². The van der Waals surface area contributed by atoms with Crippen molar-refractivity contribution in [2.75, 3.05) is 7.11 Å². The van der Waals surface area contributed by atoms with Crippen LogP contribution in [0.15, 0.2) is 0 Å². The number of amides is 1. The number of carbonyl (C=O) groups is 1. The van der Waals surface area contributed by atoms with E-state index >= 15 is 0 Å². The molecule has 0 aliphatic rings. The van der Waals surface area contributed by atoms with Crippen LogP contribution in [0.3, 0.4) is 0 Å². The van der Waals surface area contributed by atoms with Crippen molar-refractivity contribution in [3.63, 3.8) is 0 Å². The van der Waals surface area contributed by atoms with Crippen LogP contribution >= 0.6 is 0 Å². The first-order valence-electron chi connectivity index (χ1n) is 4.12. The summed E-state index contributed by atoms with van der Waals surface area (Å²) in [4.78, 5) is 17.3. The number of hydrogen-bond donors (Lipinski definition) is 2. The van der Waals surface area contributed by atoms with Crippen LogP contribution in [0.2, 0.25) is 0 Å². The minimum Gasteiger partial charge on any atom is -0.289 e. The van der Waals surface area contributed by atoms with Crippen molar-refractivity contribution in [2.24, 2.45) is 5.41 Å². The second kappa shape index (κ2) is 4.72. The van der Waals surface area contributed by atoms with Crippen LogP contribution in [0.4, 0.5) is 0 Å². The molecule has 0 radical (unpaired) electrons. The first-order chi connectivity index (χ1) is 6.25. The monoisotopic (exact) mass is 224 g/mol. The minimum atomic E-state index is -3.90. The molecule has 0 fully saturated rings. The van der Waals surface area contributed by atoms with Crippen LogP contribution in [0.25, 0.3) is 0 Å². The molecule has 0 aromatic carbocycles. The molecule has 0 spiro atoms. The quantitative estimate of drug-likeness (QED) is 0.640. The standard InChI is InChI=1S/C7H16N2O4S/c1-5-7(2,3)6(10)8-14(11,12)9-13-4/h9H,5H2,1-4H3,(H,8,10). The summed E-state index contributed by atoms with van der Waals surface area (Å²) < 4.78 is 23.9. The van der Waals surface area contributed by atoms with E-state index < -0.39 is 21.5 Å². The zero-order chi connectivity index (χ0) is 11.4. The Morgan fingerprint density at radius 3 is 2.29 bits per heavy atom. The van der Waals surface area contributed by atoms with Crippen molar-refractivity contribution in [3.05, 3.63) is 0 Å². The highest BCUT2D eigenvalue weighted by Crippen LogP contribution is 2.19. The van der Waals surface area contributed by atoms with Crippen molar-refractivity contribution in [1.82, 2.24) is 9.61 Å². The van der Waals surface area contributed by atoms with Crippen molar-refractivity contribution < 1.29 is 18.0 Å². The molecular weight excluding hydrogens is 208 g/mol. The maximum absolute atomic E-state index is 11.4. The Bertz CT molecular complexity index is 297. The largest absolute Gasteiger partial charge is 0.323 e. The Labute approximate surface area is 84.2 Å². The molecule has 0 atom stereocenters. The SMILES string of the molecule is CCC(C)(C)C(=O)NS(=O)(=O)NOC. The summed E-state index contributed by atoms with van der Waals surface area (Å²) in [5.74, 6) is -0.565. The van der Waals surface area contributed by atoms with Gasteiger partial charge in [-0.3, -0.25) is 9.63 Å². The van der Waals surface area contributed by atoms with Gasteiger partial charge in [-0.15, -0.1) is 0 Å². The van der Waals surface area contributed by atoms with E-state index in [1.54, 1.807) is 25.7 Å². The van der Waals surface area contributed by atoms with E-state index in [0.717, 1.165) is 7.11 Å². The highest BCUT2D eigenvalue weighted by atomic mass is 32.2. The third-order valence-corrected chi connectivity index (χ3v) is 2.76. The van der Waals surface area contributed by atoms with Crippen LogP contribution < -0.4 is 9.61 Å². The number of nitrogens with one attached hydrogen (secondary N) is 2. The van der Waals surface area contributed by atoms with Gasteiger partial charge in [0.15, 0.2) is 0 Å². The van der Waals surface area contributed by atoms with Gasteiger partial charge < -0.3 is 0 Å². The van der Waals surface area contributed by atoms with Gasteiger partial charge in [-0.1, -0.05) is 25.7 Å². The molecular formula is C7H16N2O4S. The van der Waals surface area contributed by atoms with E-state index in [-0.39, 0.29) is 0 Å². The molecule has 1 amide bonds. The zero-order valence-electron chi connectivity index (χ0n) is 8.75. The second-order valence-corrected chi connectivity index (χ2v) is 4.84. The topological polar surface area (TPSA) is 84.5 Å². The average molecular weight is 224 g/mol. The van der Waals surface area contributed by atoms with Gasteiger partial charge in [-0.25, -0.2) is 4.72 Å². The Hall–Kier alpha value is -0.660. The smallest absolute Gasteiger partial charge is 0.289 e. The molecule has 2 N–H and O–H groups in total. The van der Waals surface area contributed by atoms with E-state index in [1.165, 1.54) is 0 Å². The lowest BCUT2D eigenvalue weighted by Crippen LogP contribution is -2.45. The Morgan fingerprint density at radius 2 is 1.93 bits per heavy atom. The second-order valence-electron chi connectivity index (χ2n) is 3.46. The predicted octanol–water partition coefficient (Wildman–Crippen LogP) is -0.0654. The van der Waals surface area contributed by atoms with Gasteiger partial charge in [0.2, 0.25) is 5.91 Å². The van der Waals surface area contributed by atoms with Gasteiger partial charge in [-0.05, 0) is 6.42 Å². The fourth-order valence-electron chi connectivity index (χ4n) is 0.551. The molecule has 0 unspecified atom stereocenters. The molecule has 0 saturated heterocycles. The first kappa shape index (κ1) is 13.3. The fourth-order valence-corrected chi connectivity index (χ4v) is 1.33. The summed E-state index contributed by atoms with van der Waals surface area (Å²) in [6.45, 7) is 5.12. The van der Waals surface area contributed by atoms with Crippen molar-refractivity contribution >= 4 is 16.1 Å². The summed E-state index contributed by atoms with van der Waals surface area (Å²) in [6.07, 6.45) is 0.543. The van der Waals surface area contributed by atoms with E-state index in [9.17, 15) is 13.2 Å². The van der Waals surface area contributed by atoms with Gasteiger partial charge in [-0.2, -0.15) is 8.42 Å². The van der Waals surface area contributed by atoms with Gasteiger partial charge in [0.25, 0.3) is 0 Å². The molecule has 0 aromatic heterocycles. The third-order valence-electron chi connectivity index (χ3n) is 1.92. The lowest BCUT2D eigenvalue weighted by molar-refractivity contribution is -0.127. The van der Waals surface area contributed by atoms with Crippen LogP contribution in [0.5, 0.6) is 0 Å². The molecule has 0 saturated carbocycles. The number of rotatable bonds is 5. The van der Waals surface area contributed by atoms with Crippen molar-refractivity contribution in [1.29, 1.82) is 0 Å². The highest BCUT2D eigenvalue weighted by molar-refractivity contribution is 7.87. The minimum absolute atomic E-state index is 0.543. The van der Waals surface area contributed by atoms with Gasteiger partial charge in [0, 0.05) is 5.41 Å². The molecule has 0 bridgehead atoms. The lowest BCUT2D eigenvalue weighted by atomic mass is 9.90. The first-order valence-corrected chi connectivity index (χ1v) is 5.60. The average Bonchev–Trinajstić information content (AvgIpc) is 2.03. The molecule has 0 aromatic rings. The molecule has 6 nitrogen and oxygen atoms in total. The predicted molar refractivity (Wildman–Crippen MR) is 51.3 cm³/mol. The summed E-state index contributed by atoms with van der Waals surface area (Å²) >= 11 is 0. The Kier molecular flexibility index (Phi) is 4.50. The molecule has 7 heteroatoms. The summed E-state index contributed by atoms with van der Waals surface area (Å²) in [6, 6.07) is 0. The van der Waals surface area contributed by atoms with Gasteiger partial charge in [0.1, 0.15) is 0 Å². The van der Waals surface area contributed by atoms with Crippen LogP contribution in [0.1, 0.15) is 27.2 Å². The maximum Gasteiger partial charge on any atom is 0.323 e. The van der Waals surface area contributed by atoms with Crippen molar-refractivity contribution in [3.8, 4) is 0 Å². The molecule has 84 valence electrons. The highest BCUT2D eigenvalue weighted by Gasteiger charge is 2.28. The fraction of sp³-hybridized carbons (Fsp3) is 0.857. The molecule has 14 heavy (non-hydrogen) atoms. The van der Waals surface area contributed by atoms with Crippen LogP contribution in [0, 0.1) is 5.41 Å². The Morgan fingerprint density at radius 1 is 1.43 bits per heavy atom. The van der Waals surface area contributed by atoms with E-state index in [1.807, 2.05) is 4.72 Å². The summed E-state index contributed by atoms with van der Waals surface area (Å²) in [5.41, 5.74) is -0.720. The summed E-state index contributed by atoms with van der Waals surface area (Å²) in [7, 11) is -2.75. The van der Waals surface area contributed by atoms with Crippen LogP contribution in [-0.4, -0.2) is 21.4 Å². The molecule has 0 heterocycles. The summed E-state index contributed by atoms with van der Waals surface area (Å²) in [5, 5.41) is 0. The number of hydrogen-bond acceptors (Lipinski definition) is 4. The molecule has 0 aliphatic carbocycles. The maximum atomic E-state index is 11.4. The third kappa shape index (κ3) is 4.03. The lowest BCUT2D eigenvalue weighted by Gasteiger charge is -2.20. The van der Waals surface area contributed by atoms with Crippen molar-refractivity contribution in [2.45, 2.75) is 27.2 Å². The van der Waals surface area contributed by atoms with Gasteiger partial charge >= 0.3 is 10.2 Å². The van der Waals surface area contributed by atoms with Gasteiger partial charge in [0.05, 0.1) is 7.11 Å². The Balaban J connectivity index is 4.48. The van der Waals surface area contributed by atoms with Crippen LogP contribution in [-0.2, 0) is 19.8 Å². The molecule has 0 rings (SSSR count). The zero-order valence-corrected chi connectivity index (χ0v) is 9.56. The van der Waals surface area contributed by atoms with E-state index in [0.29, 0.717) is 6.42 Å².